The normalized spacial score (nSPS) is 13.9. The first-order chi connectivity index (χ1) is 13.1. The molecule has 0 radical (unpaired) electrons. The molecule has 0 atom stereocenters. The quantitative estimate of drug-likeness (QED) is 0.794. The van der Waals surface area contributed by atoms with Crippen LogP contribution in [0.25, 0.3) is 0 Å². The Morgan fingerprint density at radius 3 is 2.37 bits per heavy atom. The van der Waals surface area contributed by atoms with Gasteiger partial charge in [-0.25, -0.2) is 0 Å². The van der Waals surface area contributed by atoms with Crippen molar-refractivity contribution in [2.45, 2.75) is 13.3 Å². The van der Waals surface area contributed by atoms with Gasteiger partial charge in [0, 0.05) is 24.5 Å². The predicted molar refractivity (Wildman–Crippen MR) is 104 cm³/mol. The fourth-order valence-electron chi connectivity index (χ4n) is 2.84. The Morgan fingerprint density at radius 2 is 1.70 bits per heavy atom. The summed E-state index contributed by atoms with van der Waals surface area (Å²) in [5.74, 6) is -0.775. The molecule has 1 aliphatic rings. The molecule has 3 rings (SSSR count). The molecule has 0 bridgehead atoms. The van der Waals surface area contributed by atoms with Crippen LogP contribution in [0.1, 0.15) is 11.1 Å². The maximum atomic E-state index is 12.0. The number of anilines is 2. The third-order valence-corrected chi connectivity index (χ3v) is 4.36. The Bertz CT molecular complexity index is 766. The number of hydrogen-bond donors (Lipinski definition) is 1. The van der Waals surface area contributed by atoms with E-state index in [1.54, 1.807) is 0 Å². The third kappa shape index (κ3) is 5.82. The Balaban J connectivity index is 1.43. The molecule has 1 amide bonds. The summed E-state index contributed by atoms with van der Waals surface area (Å²) in [6.45, 7) is 4.88. The fraction of sp³-hybridized carbons (Fsp3) is 0.333. The molecule has 0 unspecified atom stereocenters. The first-order valence-corrected chi connectivity index (χ1v) is 9.04. The van der Waals surface area contributed by atoms with Crippen molar-refractivity contribution in [3.05, 3.63) is 59.7 Å². The number of nitrogens with one attached hydrogen (secondary N) is 1. The predicted octanol–water partition coefficient (Wildman–Crippen LogP) is 2.56. The monoisotopic (exact) mass is 368 g/mol. The molecule has 1 N–H and O–H groups in total. The molecule has 142 valence electrons. The number of benzene rings is 2. The molecule has 6 nitrogen and oxygen atoms in total. The van der Waals surface area contributed by atoms with Gasteiger partial charge in [0.25, 0.3) is 5.91 Å². The standard InChI is InChI=1S/C21H24N2O4/c1-16-2-4-17(5-3-16)14-21(25)27-15-20(24)22-18-6-8-19(9-7-18)23-10-12-26-13-11-23/h2-9H,10-15H2,1H3,(H,22,24). The number of ether oxygens (including phenoxy) is 2. The van der Waals surface area contributed by atoms with Crippen LogP contribution in [0.15, 0.2) is 48.5 Å². The van der Waals surface area contributed by atoms with Gasteiger partial charge in [0.05, 0.1) is 19.6 Å². The third-order valence-electron chi connectivity index (χ3n) is 4.36. The number of morpholine rings is 1. The second kappa shape index (κ2) is 9.19. The molecule has 6 heteroatoms. The molecule has 0 saturated carbocycles. The lowest BCUT2D eigenvalue weighted by molar-refractivity contribution is -0.146. The lowest BCUT2D eigenvalue weighted by Crippen LogP contribution is -2.36. The van der Waals surface area contributed by atoms with Crippen LogP contribution >= 0.6 is 0 Å². The van der Waals surface area contributed by atoms with Crippen molar-refractivity contribution in [1.82, 2.24) is 0 Å². The van der Waals surface area contributed by atoms with E-state index in [2.05, 4.69) is 10.2 Å². The number of esters is 1. The van der Waals surface area contributed by atoms with Crippen molar-refractivity contribution >= 4 is 23.3 Å². The Kier molecular flexibility index (Phi) is 6.44. The van der Waals surface area contributed by atoms with Crippen molar-refractivity contribution in [2.24, 2.45) is 0 Å². The van der Waals surface area contributed by atoms with Crippen LogP contribution in [0, 0.1) is 6.92 Å². The van der Waals surface area contributed by atoms with Gasteiger partial charge < -0.3 is 19.7 Å². The smallest absolute Gasteiger partial charge is 0.310 e. The summed E-state index contributed by atoms with van der Waals surface area (Å²) in [4.78, 5) is 26.1. The molecule has 0 spiro atoms. The first kappa shape index (κ1) is 18.9. The van der Waals surface area contributed by atoms with Gasteiger partial charge >= 0.3 is 5.97 Å². The molecule has 1 heterocycles. The van der Waals surface area contributed by atoms with E-state index in [-0.39, 0.29) is 18.9 Å². The number of carbonyl (C=O) groups excluding carboxylic acids is 2. The van der Waals surface area contributed by atoms with E-state index in [1.807, 2.05) is 55.5 Å². The average Bonchev–Trinajstić information content (AvgIpc) is 2.69. The molecule has 0 aromatic heterocycles. The fourth-order valence-corrected chi connectivity index (χ4v) is 2.84. The highest BCUT2D eigenvalue weighted by atomic mass is 16.5. The summed E-state index contributed by atoms with van der Waals surface area (Å²) in [6, 6.07) is 15.3. The number of aryl methyl sites for hydroxylation is 1. The zero-order valence-corrected chi connectivity index (χ0v) is 15.4. The molecular formula is C21H24N2O4. The lowest BCUT2D eigenvalue weighted by atomic mass is 10.1. The van der Waals surface area contributed by atoms with Crippen molar-refractivity contribution in [3.8, 4) is 0 Å². The van der Waals surface area contributed by atoms with Crippen LogP contribution < -0.4 is 10.2 Å². The average molecular weight is 368 g/mol. The highest BCUT2D eigenvalue weighted by Crippen LogP contribution is 2.19. The van der Waals surface area contributed by atoms with Crippen LogP contribution in [-0.2, 0) is 25.5 Å². The first-order valence-electron chi connectivity index (χ1n) is 9.04. The van der Waals surface area contributed by atoms with Gasteiger partial charge in [-0.3, -0.25) is 9.59 Å². The van der Waals surface area contributed by atoms with Crippen LogP contribution in [0.3, 0.4) is 0 Å². The van der Waals surface area contributed by atoms with E-state index in [4.69, 9.17) is 9.47 Å². The zero-order valence-electron chi connectivity index (χ0n) is 15.4. The van der Waals surface area contributed by atoms with Gasteiger partial charge in [-0.05, 0) is 36.8 Å². The van der Waals surface area contributed by atoms with Crippen LogP contribution in [0.4, 0.5) is 11.4 Å². The topological polar surface area (TPSA) is 67.9 Å². The van der Waals surface area contributed by atoms with Gasteiger partial charge in [-0.15, -0.1) is 0 Å². The minimum atomic E-state index is -0.420. The summed E-state index contributed by atoms with van der Waals surface area (Å²) >= 11 is 0. The van der Waals surface area contributed by atoms with E-state index in [0.29, 0.717) is 5.69 Å². The lowest BCUT2D eigenvalue weighted by Gasteiger charge is -2.28. The van der Waals surface area contributed by atoms with E-state index in [0.717, 1.165) is 43.1 Å². The van der Waals surface area contributed by atoms with Crippen molar-refractivity contribution < 1.29 is 19.1 Å². The van der Waals surface area contributed by atoms with Gasteiger partial charge in [-0.1, -0.05) is 29.8 Å². The van der Waals surface area contributed by atoms with E-state index in [1.165, 1.54) is 0 Å². The summed E-state index contributed by atoms with van der Waals surface area (Å²) in [7, 11) is 0. The van der Waals surface area contributed by atoms with E-state index < -0.39 is 5.97 Å². The number of carbonyl (C=O) groups is 2. The van der Waals surface area contributed by atoms with Gasteiger partial charge in [0.15, 0.2) is 6.61 Å². The SMILES string of the molecule is Cc1ccc(CC(=O)OCC(=O)Nc2ccc(N3CCOCC3)cc2)cc1. The molecule has 2 aromatic rings. The van der Waals surface area contributed by atoms with E-state index in [9.17, 15) is 9.59 Å². The summed E-state index contributed by atoms with van der Waals surface area (Å²) in [5, 5.41) is 2.74. The second-order valence-electron chi connectivity index (χ2n) is 6.52. The number of hydrogen-bond acceptors (Lipinski definition) is 5. The highest BCUT2D eigenvalue weighted by Gasteiger charge is 2.12. The minimum absolute atomic E-state index is 0.155. The van der Waals surface area contributed by atoms with Crippen LogP contribution in [0.2, 0.25) is 0 Å². The highest BCUT2D eigenvalue weighted by molar-refractivity contribution is 5.93. The van der Waals surface area contributed by atoms with Gasteiger partial charge in [-0.2, -0.15) is 0 Å². The molecule has 1 fully saturated rings. The molecular weight excluding hydrogens is 344 g/mol. The molecule has 1 aliphatic heterocycles. The Labute approximate surface area is 159 Å². The number of amides is 1. The Morgan fingerprint density at radius 1 is 1.04 bits per heavy atom. The van der Waals surface area contributed by atoms with Crippen molar-refractivity contribution in [2.75, 3.05) is 43.1 Å². The summed E-state index contributed by atoms with van der Waals surface area (Å²) in [6.07, 6.45) is 0.155. The molecule has 1 saturated heterocycles. The number of nitrogens with zero attached hydrogens (tertiary/aromatic N) is 1. The molecule has 2 aromatic carbocycles. The largest absolute Gasteiger partial charge is 0.455 e. The van der Waals surface area contributed by atoms with E-state index >= 15 is 0 Å². The van der Waals surface area contributed by atoms with Crippen LogP contribution in [-0.4, -0.2) is 44.8 Å². The van der Waals surface area contributed by atoms with Crippen molar-refractivity contribution in [3.63, 3.8) is 0 Å². The van der Waals surface area contributed by atoms with Crippen LogP contribution in [0.5, 0.6) is 0 Å². The maximum absolute atomic E-state index is 12.0. The molecule has 27 heavy (non-hydrogen) atoms. The Hall–Kier alpha value is -2.86. The van der Waals surface area contributed by atoms with Crippen molar-refractivity contribution in [1.29, 1.82) is 0 Å². The van der Waals surface area contributed by atoms with Gasteiger partial charge in [0.2, 0.25) is 0 Å². The minimum Gasteiger partial charge on any atom is -0.455 e. The summed E-state index contributed by atoms with van der Waals surface area (Å²) in [5.41, 5.74) is 3.77. The summed E-state index contributed by atoms with van der Waals surface area (Å²) < 4.78 is 10.4. The second-order valence-corrected chi connectivity index (χ2v) is 6.52. The van der Waals surface area contributed by atoms with Gasteiger partial charge in [0.1, 0.15) is 0 Å². The number of rotatable bonds is 6. The molecule has 0 aliphatic carbocycles. The maximum Gasteiger partial charge on any atom is 0.310 e. The zero-order chi connectivity index (χ0) is 19.1.